The maximum Gasteiger partial charge on any atom is 0.250 e. The fourth-order valence-corrected chi connectivity index (χ4v) is 3.65. The smallest absolute Gasteiger partial charge is 0.250 e. The van der Waals surface area contributed by atoms with Crippen molar-refractivity contribution in [2.24, 2.45) is 5.84 Å². The van der Waals surface area contributed by atoms with Crippen LogP contribution in [-0.2, 0) is 10.2 Å². The number of nitrogens with zero attached hydrogens (tertiary/aromatic N) is 2. The number of nitrogens with one attached hydrogen (secondary N) is 1. The predicted molar refractivity (Wildman–Crippen MR) is 105 cm³/mol. The Morgan fingerprint density at radius 3 is 2.19 bits per heavy atom. The van der Waals surface area contributed by atoms with Gasteiger partial charge < -0.3 is 0 Å². The second-order valence-corrected chi connectivity index (χ2v) is 7.14. The number of amides is 1. The van der Waals surface area contributed by atoms with Crippen molar-refractivity contribution >= 4 is 5.91 Å². The normalized spacial score (nSPS) is 13.8. The van der Waals surface area contributed by atoms with E-state index < -0.39 is 5.41 Å². The molecule has 0 saturated heterocycles. The first-order valence-corrected chi connectivity index (χ1v) is 9.17. The minimum Gasteiger partial charge on any atom is -0.298 e. The van der Waals surface area contributed by atoms with Crippen molar-refractivity contribution < 1.29 is 4.79 Å². The van der Waals surface area contributed by atoms with E-state index in [4.69, 9.17) is 5.84 Å². The average Bonchev–Trinajstić information content (AvgIpc) is 2.65. The van der Waals surface area contributed by atoms with E-state index in [1.165, 1.54) is 0 Å². The number of carbonyl (C=O) groups excluding carboxylic acids is 1. The number of carbonyl (C=O) groups is 1. The zero-order valence-electron chi connectivity index (χ0n) is 16.1. The van der Waals surface area contributed by atoms with E-state index in [2.05, 4.69) is 43.0 Å². The first-order chi connectivity index (χ1) is 12.4. The fourth-order valence-electron chi connectivity index (χ4n) is 3.65. The van der Waals surface area contributed by atoms with Gasteiger partial charge >= 0.3 is 0 Å². The van der Waals surface area contributed by atoms with Crippen LogP contribution in [0.4, 0.5) is 0 Å². The lowest BCUT2D eigenvalue weighted by molar-refractivity contribution is -0.126. The molecule has 1 amide bonds. The molecule has 26 heavy (non-hydrogen) atoms. The summed E-state index contributed by atoms with van der Waals surface area (Å²) in [5.41, 5.74) is 3.06. The minimum absolute atomic E-state index is 0.241. The molecule has 5 heteroatoms. The number of hydrogen-bond donors (Lipinski definition) is 2. The maximum atomic E-state index is 13.1. The third-order valence-corrected chi connectivity index (χ3v) is 4.96. The summed E-state index contributed by atoms with van der Waals surface area (Å²) in [5.74, 6) is 5.38. The number of benzene rings is 1. The highest BCUT2D eigenvalue weighted by Crippen LogP contribution is 2.35. The number of pyridine rings is 1. The van der Waals surface area contributed by atoms with Crippen molar-refractivity contribution in [1.29, 1.82) is 0 Å². The number of rotatable bonds is 8. The summed E-state index contributed by atoms with van der Waals surface area (Å²) in [6.07, 6.45) is 2.31. The molecule has 0 aliphatic carbocycles. The third-order valence-electron chi connectivity index (χ3n) is 4.96. The average molecular weight is 354 g/mol. The van der Waals surface area contributed by atoms with Crippen LogP contribution in [0, 0.1) is 0 Å². The molecule has 0 spiro atoms. The van der Waals surface area contributed by atoms with Crippen LogP contribution in [0.25, 0.3) is 0 Å². The lowest BCUT2D eigenvalue weighted by Crippen LogP contribution is -2.51. The second-order valence-electron chi connectivity index (χ2n) is 7.14. The molecule has 0 aliphatic rings. The Morgan fingerprint density at radius 1 is 1.08 bits per heavy atom. The number of nitrogens with two attached hydrogens (primary N) is 1. The molecule has 0 saturated carbocycles. The molecule has 0 radical (unpaired) electrons. The highest BCUT2D eigenvalue weighted by Gasteiger charge is 2.43. The molecule has 1 atom stereocenters. The van der Waals surface area contributed by atoms with Gasteiger partial charge in [0, 0.05) is 24.8 Å². The lowest BCUT2D eigenvalue weighted by atomic mass is 9.73. The second kappa shape index (κ2) is 8.92. The molecule has 0 fully saturated rings. The molecule has 1 unspecified atom stereocenters. The van der Waals surface area contributed by atoms with E-state index in [0.29, 0.717) is 24.2 Å². The van der Waals surface area contributed by atoms with Crippen LogP contribution in [0.15, 0.2) is 54.7 Å². The van der Waals surface area contributed by atoms with Gasteiger partial charge in [0.1, 0.15) is 5.41 Å². The summed E-state index contributed by atoms with van der Waals surface area (Å²) in [6, 6.07) is 16.2. The fraction of sp³-hybridized carbons (Fsp3) is 0.429. The Kier molecular flexibility index (Phi) is 6.89. The van der Waals surface area contributed by atoms with Gasteiger partial charge in [0.2, 0.25) is 0 Å². The molecule has 0 aliphatic heterocycles. The molecular formula is C21H30N4O. The topological polar surface area (TPSA) is 71.2 Å². The van der Waals surface area contributed by atoms with Crippen molar-refractivity contribution in [3.8, 4) is 0 Å². The zero-order valence-corrected chi connectivity index (χ0v) is 16.1. The van der Waals surface area contributed by atoms with E-state index in [9.17, 15) is 4.79 Å². The van der Waals surface area contributed by atoms with E-state index in [0.717, 1.165) is 12.1 Å². The summed E-state index contributed by atoms with van der Waals surface area (Å²) < 4.78 is 0. The quantitative estimate of drug-likeness (QED) is 0.434. The van der Waals surface area contributed by atoms with Gasteiger partial charge in [0.25, 0.3) is 5.91 Å². The first-order valence-electron chi connectivity index (χ1n) is 9.17. The van der Waals surface area contributed by atoms with Crippen LogP contribution in [0.1, 0.15) is 45.4 Å². The van der Waals surface area contributed by atoms with Crippen LogP contribution in [0.2, 0.25) is 0 Å². The van der Waals surface area contributed by atoms with Crippen molar-refractivity contribution in [3.05, 3.63) is 66.0 Å². The van der Waals surface area contributed by atoms with Gasteiger partial charge in [0.15, 0.2) is 0 Å². The number of hydrogen-bond acceptors (Lipinski definition) is 4. The minimum atomic E-state index is -0.931. The van der Waals surface area contributed by atoms with Gasteiger partial charge in [-0.3, -0.25) is 20.1 Å². The molecule has 2 aromatic rings. The van der Waals surface area contributed by atoms with Gasteiger partial charge in [-0.05, 0) is 51.8 Å². The first kappa shape index (κ1) is 20.1. The third kappa shape index (κ3) is 4.11. The predicted octanol–water partition coefficient (Wildman–Crippen LogP) is 2.87. The molecule has 1 heterocycles. The van der Waals surface area contributed by atoms with E-state index >= 15 is 0 Å². The molecular weight excluding hydrogens is 324 g/mol. The van der Waals surface area contributed by atoms with E-state index in [1.54, 1.807) is 6.20 Å². The summed E-state index contributed by atoms with van der Waals surface area (Å²) in [5, 5.41) is 0. The Bertz CT molecular complexity index is 638. The largest absolute Gasteiger partial charge is 0.298 e. The maximum absolute atomic E-state index is 13.1. The number of aromatic nitrogens is 1. The highest BCUT2D eigenvalue weighted by molar-refractivity contribution is 5.91. The summed E-state index contributed by atoms with van der Waals surface area (Å²) in [7, 11) is 0. The summed E-state index contributed by atoms with van der Waals surface area (Å²) in [6.45, 7) is 9.46. The Labute approximate surface area is 156 Å². The van der Waals surface area contributed by atoms with E-state index in [1.807, 2.05) is 48.5 Å². The van der Waals surface area contributed by atoms with Gasteiger partial charge in [-0.25, -0.2) is 5.84 Å². The van der Waals surface area contributed by atoms with Gasteiger partial charge in [-0.2, -0.15) is 0 Å². The molecule has 1 aromatic carbocycles. The van der Waals surface area contributed by atoms with Crippen LogP contribution in [-0.4, -0.2) is 34.4 Å². The van der Waals surface area contributed by atoms with Gasteiger partial charge in [-0.15, -0.1) is 0 Å². The zero-order chi connectivity index (χ0) is 19.2. The van der Waals surface area contributed by atoms with E-state index in [-0.39, 0.29) is 5.91 Å². The summed E-state index contributed by atoms with van der Waals surface area (Å²) >= 11 is 0. The molecule has 2 rings (SSSR count). The molecule has 140 valence electrons. The molecule has 3 N–H and O–H groups in total. The lowest BCUT2D eigenvalue weighted by Gasteiger charge is -2.37. The summed E-state index contributed by atoms with van der Waals surface area (Å²) in [4.78, 5) is 20.0. The van der Waals surface area contributed by atoms with Crippen LogP contribution in [0.5, 0.6) is 0 Å². The number of hydrazine groups is 1. The molecule has 0 bridgehead atoms. The van der Waals surface area contributed by atoms with Crippen LogP contribution >= 0.6 is 0 Å². The monoisotopic (exact) mass is 354 g/mol. The Balaban J connectivity index is 2.55. The van der Waals surface area contributed by atoms with Crippen LogP contribution in [0.3, 0.4) is 0 Å². The highest BCUT2D eigenvalue weighted by atomic mass is 16.2. The molecule has 5 nitrogen and oxygen atoms in total. The van der Waals surface area contributed by atoms with Crippen molar-refractivity contribution in [2.75, 3.05) is 6.54 Å². The van der Waals surface area contributed by atoms with Crippen molar-refractivity contribution in [3.63, 3.8) is 0 Å². The SMILES string of the molecule is CC(C)N(CCC(C(=O)NN)(c1ccccc1)c1ccccn1)C(C)C. The molecule has 1 aromatic heterocycles. The van der Waals surface area contributed by atoms with Crippen molar-refractivity contribution in [2.45, 2.75) is 51.6 Å². The van der Waals surface area contributed by atoms with Crippen molar-refractivity contribution in [1.82, 2.24) is 15.3 Å². The van der Waals surface area contributed by atoms with Gasteiger partial charge in [0.05, 0.1) is 5.69 Å². The standard InChI is InChI=1S/C21H30N4O/c1-16(2)25(17(3)4)15-13-21(20(26)24-22,18-10-6-5-7-11-18)19-12-8-9-14-23-19/h5-12,14,16-17H,13,15,22H2,1-4H3,(H,24,26). The van der Waals surface area contributed by atoms with Gasteiger partial charge in [-0.1, -0.05) is 36.4 Å². The Hall–Kier alpha value is -2.24. The Morgan fingerprint density at radius 2 is 1.69 bits per heavy atom. The van der Waals surface area contributed by atoms with Crippen LogP contribution < -0.4 is 11.3 Å².